The maximum Gasteiger partial charge on any atom is 0.336 e. The van der Waals surface area contributed by atoms with E-state index in [1.807, 2.05) is 0 Å². The fourth-order valence-electron chi connectivity index (χ4n) is 1.07. The second-order valence-electron chi connectivity index (χ2n) is 3.08. The van der Waals surface area contributed by atoms with Crippen LogP contribution in [0.3, 0.4) is 0 Å². The number of hydrogen-bond acceptors (Lipinski definition) is 6. The van der Waals surface area contributed by atoms with Crippen molar-refractivity contribution in [3.05, 3.63) is 0 Å². The van der Waals surface area contributed by atoms with Crippen molar-refractivity contribution in [3.63, 3.8) is 0 Å². The Labute approximate surface area is 95.9 Å². The molecule has 1 saturated heterocycles. The Morgan fingerprint density at radius 3 is 2.94 bits per heavy atom. The molecule has 0 bridgehead atoms. The number of amides is 2. The molecule has 7 nitrogen and oxygen atoms in total. The molecule has 1 aliphatic rings. The first-order chi connectivity index (χ1) is 7.54. The minimum absolute atomic E-state index is 0.234. The van der Waals surface area contributed by atoms with Gasteiger partial charge in [0.1, 0.15) is 6.04 Å². The van der Waals surface area contributed by atoms with Gasteiger partial charge in [0, 0.05) is 5.75 Å². The molecule has 8 heteroatoms. The van der Waals surface area contributed by atoms with E-state index in [-0.39, 0.29) is 11.8 Å². The fraction of sp³-hybridized carbons (Fsp3) is 0.625. The van der Waals surface area contributed by atoms with E-state index in [9.17, 15) is 19.5 Å². The topological polar surface area (TPSA) is 105 Å². The van der Waals surface area contributed by atoms with Crippen molar-refractivity contribution in [1.82, 2.24) is 10.6 Å². The summed E-state index contributed by atoms with van der Waals surface area (Å²) in [6, 6.07) is -0.609. The summed E-state index contributed by atoms with van der Waals surface area (Å²) >= 11 is 1.01. The highest BCUT2D eigenvalue weighted by Gasteiger charge is 2.28. The van der Waals surface area contributed by atoms with E-state index in [2.05, 4.69) is 15.4 Å². The SMILES string of the molecule is COC(=O)C(O)CNC(=O)C1CSC(=O)N1. The molecule has 16 heavy (non-hydrogen) atoms. The van der Waals surface area contributed by atoms with Crippen LogP contribution >= 0.6 is 11.8 Å². The zero-order valence-electron chi connectivity index (χ0n) is 8.56. The average Bonchev–Trinajstić information content (AvgIpc) is 2.71. The van der Waals surface area contributed by atoms with E-state index >= 15 is 0 Å². The monoisotopic (exact) mass is 248 g/mol. The number of hydrogen-bond donors (Lipinski definition) is 3. The van der Waals surface area contributed by atoms with Crippen LogP contribution < -0.4 is 10.6 Å². The van der Waals surface area contributed by atoms with E-state index in [1.165, 1.54) is 0 Å². The first kappa shape index (κ1) is 12.8. The highest BCUT2D eigenvalue weighted by atomic mass is 32.2. The van der Waals surface area contributed by atoms with Gasteiger partial charge < -0.3 is 20.5 Å². The molecule has 2 unspecified atom stereocenters. The van der Waals surface area contributed by atoms with E-state index in [4.69, 9.17) is 0 Å². The van der Waals surface area contributed by atoms with Crippen LogP contribution in [-0.2, 0) is 14.3 Å². The number of aliphatic hydroxyl groups is 1. The Morgan fingerprint density at radius 1 is 1.75 bits per heavy atom. The summed E-state index contributed by atoms with van der Waals surface area (Å²) in [6.07, 6.45) is -1.39. The maximum absolute atomic E-state index is 11.4. The molecular formula is C8H12N2O5S. The van der Waals surface area contributed by atoms with Gasteiger partial charge >= 0.3 is 5.97 Å². The van der Waals surface area contributed by atoms with E-state index in [0.29, 0.717) is 5.75 Å². The van der Waals surface area contributed by atoms with Crippen LogP contribution in [0, 0.1) is 0 Å². The van der Waals surface area contributed by atoms with Crippen molar-refractivity contribution in [1.29, 1.82) is 0 Å². The Hall–Kier alpha value is -1.28. The Balaban J connectivity index is 2.30. The zero-order chi connectivity index (χ0) is 12.1. The van der Waals surface area contributed by atoms with E-state index in [1.54, 1.807) is 0 Å². The number of ether oxygens (including phenoxy) is 1. The van der Waals surface area contributed by atoms with Gasteiger partial charge in [0.25, 0.3) is 5.24 Å². The summed E-state index contributed by atoms with van der Waals surface area (Å²) in [5.41, 5.74) is 0. The van der Waals surface area contributed by atoms with Gasteiger partial charge in [0.2, 0.25) is 5.91 Å². The molecule has 0 aromatic carbocycles. The van der Waals surface area contributed by atoms with Crippen LogP contribution in [0.1, 0.15) is 0 Å². The minimum atomic E-state index is -1.39. The molecule has 1 fully saturated rings. The minimum Gasteiger partial charge on any atom is -0.467 e. The molecular weight excluding hydrogens is 236 g/mol. The third kappa shape index (κ3) is 3.38. The van der Waals surface area contributed by atoms with Gasteiger partial charge in [-0.15, -0.1) is 0 Å². The predicted octanol–water partition coefficient (Wildman–Crippen LogP) is -1.54. The second kappa shape index (κ2) is 5.71. The van der Waals surface area contributed by atoms with Crippen molar-refractivity contribution in [2.75, 3.05) is 19.4 Å². The fourth-order valence-corrected chi connectivity index (χ4v) is 1.84. The molecule has 0 spiro atoms. The van der Waals surface area contributed by atoms with Crippen LogP contribution in [0.4, 0.5) is 4.79 Å². The molecule has 2 atom stereocenters. The smallest absolute Gasteiger partial charge is 0.336 e. The molecule has 0 radical (unpaired) electrons. The lowest BCUT2D eigenvalue weighted by atomic mass is 10.3. The summed E-state index contributed by atoms with van der Waals surface area (Å²) in [5, 5.41) is 13.7. The van der Waals surface area contributed by atoms with E-state index in [0.717, 1.165) is 18.9 Å². The zero-order valence-corrected chi connectivity index (χ0v) is 9.37. The molecule has 1 aliphatic heterocycles. The Bertz CT molecular complexity index is 309. The van der Waals surface area contributed by atoms with Gasteiger partial charge in [-0.05, 0) is 0 Å². The van der Waals surface area contributed by atoms with Gasteiger partial charge in [0.05, 0.1) is 13.7 Å². The van der Waals surface area contributed by atoms with Crippen molar-refractivity contribution in [3.8, 4) is 0 Å². The third-order valence-electron chi connectivity index (χ3n) is 1.93. The van der Waals surface area contributed by atoms with E-state index < -0.39 is 24.0 Å². The number of esters is 1. The van der Waals surface area contributed by atoms with Crippen LogP contribution in [0.2, 0.25) is 0 Å². The lowest BCUT2D eigenvalue weighted by molar-refractivity contribution is -0.150. The van der Waals surface area contributed by atoms with Crippen LogP contribution in [0.15, 0.2) is 0 Å². The number of rotatable bonds is 4. The molecule has 0 aromatic rings. The van der Waals surface area contributed by atoms with Crippen LogP contribution in [0.25, 0.3) is 0 Å². The number of aliphatic hydroxyl groups excluding tert-OH is 1. The van der Waals surface area contributed by atoms with Crippen LogP contribution in [0.5, 0.6) is 0 Å². The molecule has 2 amide bonds. The van der Waals surface area contributed by atoms with Gasteiger partial charge in [0.15, 0.2) is 6.10 Å². The molecule has 3 N–H and O–H groups in total. The highest BCUT2D eigenvalue weighted by molar-refractivity contribution is 8.14. The molecule has 1 heterocycles. The number of methoxy groups -OCH3 is 1. The largest absolute Gasteiger partial charge is 0.467 e. The lowest BCUT2D eigenvalue weighted by Gasteiger charge is -2.12. The van der Waals surface area contributed by atoms with Crippen molar-refractivity contribution in [2.45, 2.75) is 12.1 Å². The average molecular weight is 248 g/mol. The first-order valence-electron chi connectivity index (χ1n) is 4.51. The Morgan fingerprint density at radius 2 is 2.44 bits per heavy atom. The van der Waals surface area contributed by atoms with Crippen molar-refractivity contribution < 1.29 is 24.2 Å². The van der Waals surface area contributed by atoms with Gasteiger partial charge in [-0.3, -0.25) is 9.59 Å². The summed E-state index contributed by atoms with van der Waals surface area (Å²) in [4.78, 5) is 33.0. The molecule has 1 rings (SSSR count). The third-order valence-corrected chi connectivity index (χ3v) is 2.81. The highest BCUT2D eigenvalue weighted by Crippen LogP contribution is 2.12. The van der Waals surface area contributed by atoms with Gasteiger partial charge in [-0.1, -0.05) is 11.8 Å². The summed E-state index contributed by atoms with van der Waals surface area (Å²) in [5.74, 6) is -0.898. The summed E-state index contributed by atoms with van der Waals surface area (Å²) < 4.78 is 4.27. The maximum atomic E-state index is 11.4. The molecule has 0 aromatic heterocycles. The lowest BCUT2D eigenvalue weighted by Crippen LogP contribution is -2.46. The number of carbonyl (C=O) groups excluding carboxylic acids is 3. The number of thioether (sulfide) groups is 1. The Kier molecular flexibility index (Phi) is 4.56. The summed E-state index contributed by atoms with van der Waals surface area (Å²) in [6.45, 7) is -0.234. The molecule has 90 valence electrons. The van der Waals surface area contributed by atoms with Gasteiger partial charge in [-0.25, -0.2) is 4.79 Å². The number of nitrogens with one attached hydrogen (secondary N) is 2. The second-order valence-corrected chi connectivity index (χ2v) is 4.07. The van der Waals surface area contributed by atoms with Gasteiger partial charge in [-0.2, -0.15) is 0 Å². The quantitative estimate of drug-likeness (QED) is 0.521. The van der Waals surface area contributed by atoms with Crippen LogP contribution in [-0.4, -0.2) is 53.8 Å². The molecule has 0 saturated carbocycles. The summed E-state index contributed by atoms with van der Waals surface area (Å²) in [7, 11) is 1.14. The van der Waals surface area contributed by atoms with Crippen molar-refractivity contribution >= 4 is 28.9 Å². The predicted molar refractivity (Wildman–Crippen MR) is 55.8 cm³/mol. The van der Waals surface area contributed by atoms with Crippen molar-refractivity contribution in [2.24, 2.45) is 0 Å². The standard InChI is InChI=1S/C8H12N2O5S/c1-15-7(13)5(11)2-9-6(12)4-3-16-8(14)10-4/h4-5,11H,2-3H2,1H3,(H,9,12)(H,10,14). The first-order valence-corrected chi connectivity index (χ1v) is 5.50. The normalized spacial score (nSPS) is 21.1. The number of carbonyl (C=O) groups is 3. The molecule has 0 aliphatic carbocycles.